The van der Waals surface area contributed by atoms with Gasteiger partial charge in [-0.05, 0) is 123 Å². The largest absolute Gasteiger partial charge is 0.461 e. The fourth-order valence-corrected chi connectivity index (χ4v) is 9.79. The molecule has 5 rings (SSSR count). The second kappa shape index (κ2) is 11.7. The monoisotopic (exact) mass is 523 g/mol. The number of esters is 1. The Labute approximate surface area is 229 Å². The molecule has 5 heteroatoms. The van der Waals surface area contributed by atoms with Gasteiger partial charge in [-0.25, -0.2) is 4.79 Å². The van der Waals surface area contributed by atoms with Crippen molar-refractivity contribution in [1.82, 2.24) is 0 Å². The van der Waals surface area contributed by atoms with Crippen molar-refractivity contribution in [2.45, 2.75) is 104 Å². The summed E-state index contributed by atoms with van der Waals surface area (Å²) in [7, 11) is 0. The SMILES string of the molecule is C[C@H](CCCOC(=O)/C=N/OCc1ccccc1)[C@H]1CC[C@H]2[C@@H]3CC[C@@H]4C[C@H](O)CC[C@]4(C)[C@H]3CC[C@]12C. The zero-order chi connectivity index (χ0) is 26.8. The summed E-state index contributed by atoms with van der Waals surface area (Å²) in [5, 5.41) is 14.1. The van der Waals surface area contributed by atoms with Crippen molar-refractivity contribution < 1.29 is 19.5 Å². The number of rotatable bonds is 9. The van der Waals surface area contributed by atoms with Gasteiger partial charge in [0.2, 0.25) is 0 Å². The molecule has 0 aromatic heterocycles. The molecule has 4 fully saturated rings. The number of fused-ring (bicyclic) bond motifs is 5. The van der Waals surface area contributed by atoms with Crippen molar-refractivity contribution in [3.05, 3.63) is 35.9 Å². The van der Waals surface area contributed by atoms with Crippen LogP contribution in [0.4, 0.5) is 0 Å². The quantitative estimate of drug-likeness (QED) is 0.161. The lowest BCUT2D eigenvalue weighted by Crippen LogP contribution is -2.54. The molecule has 4 aliphatic rings. The van der Waals surface area contributed by atoms with Gasteiger partial charge in [-0.15, -0.1) is 0 Å². The van der Waals surface area contributed by atoms with Crippen LogP contribution >= 0.6 is 0 Å². The fourth-order valence-electron chi connectivity index (χ4n) is 9.79. The van der Waals surface area contributed by atoms with Crippen LogP contribution in [0.2, 0.25) is 0 Å². The van der Waals surface area contributed by atoms with Crippen molar-refractivity contribution in [2.24, 2.45) is 51.5 Å². The lowest BCUT2D eigenvalue weighted by molar-refractivity contribution is -0.135. The first-order valence-electron chi connectivity index (χ1n) is 15.4. The predicted octanol–water partition coefficient (Wildman–Crippen LogP) is 7.17. The van der Waals surface area contributed by atoms with Gasteiger partial charge in [-0.3, -0.25) is 0 Å². The standard InChI is InChI=1S/C33H49NO4/c1-23(8-7-19-37-31(36)21-34-38-22-24-9-5-4-6-10-24)28-13-14-29-27-12-11-25-20-26(35)15-17-32(25,2)30(27)16-18-33(28,29)3/h4-6,9-10,21,23,25-30,35H,7-8,11-20,22H2,1-3H3/b34-21+/t23-,25-,26-,27+,28-,29+,30+,32+,33-/m1/s1. The summed E-state index contributed by atoms with van der Waals surface area (Å²) in [6.45, 7) is 8.42. The molecule has 4 aliphatic carbocycles. The van der Waals surface area contributed by atoms with Gasteiger partial charge in [0.1, 0.15) is 6.61 Å². The summed E-state index contributed by atoms with van der Waals surface area (Å²) < 4.78 is 5.39. The lowest BCUT2D eigenvalue weighted by Gasteiger charge is -2.61. The van der Waals surface area contributed by atoms with E-state index < -0.39 is 5.97 Å². The number of carbonyl (C=O) groups is 1. The van der Waals surface area contributed by atoms with E-state index in [0.717, 1.165) is 67.1 Å². The van der Waals surface area contributed by atoms with Gasteiger partial charge in [-0.2, -0.15) is 0 Å². The van der Waals surface area contributed by atoms with E-state index in [1.165, 1.54) is 44.9 Å². The first-order valence-corrected chi connectivity index (χ1v) is 15.4. The van der Waals surface area contributed by atoms with Crippen LogP contribution in [0.25, 0.3) is 0 Å². The van der Waals surface area contributed by atoms with Crippen molar-refractivity contribution in [2.75, 3.05) is 6.61 Å². The van der Waals surface area contributed by atoms with Gasteiger partial charge in [0.25, 0.3) is 0 Å². The molecule has 0 saturated heterocycles. The zero-order valence-corrected chi connectivity index (χ0v) is 23.8. The Morgan fingerprint density at radius 1 is 1.05 bits per heavy atom. The number of oxime groups is 1. The second-order valence-corrected chi connectivity index (χ2v) is 13.6. The second-order valence-electron chi connectivity index (χ2n) is 13.6. The molecule has 0 spiro atoms. The maximum absolute atomic E-state index is 12.0. The number of nitrogens with zero attached hydrogens (tertiary/aromatic N) is 1. The molecule has 1 N–H and O–H groups in total. The molecular formula is C33H49NO4. The molecule has 0 amide bonds. The highest BCUT2D eigenvalue weighted by Gasteiger charge is 2.60. The Balaban J connectivity index is 1.07. The van der Waals surface area contributed by atoms with Crippen LogP contribution in [-0.4, -0.2) is 30.0 Å². The molecule has 0 heterocycles. The van der Waals surface area contributed by atoms with Crippen molar-refractivity contribution in [3.8, 4) is 0 Å². The van der Waals surface area contributed by atoms with Gasteiger partial charge in [0, 0.05) is 0 Å². The average Bonchev–Trinajstić information content (AvgIpc) is 3.27. The molecule has 9 atom stereocenters. The van der Waals surface area contributed by atoms with E-state index in [0.29, 0.717) is 30.0 Å². The van der Waals surface area contributed by atoms with Crippen molar-refractivity contribution in [3.63, 3.8) is 0 Å². The number of ether oxygens (including phenoxy) is 1. The highest BCUT2D eigenvalue weighted by Crippen LogP contribution is 2.68. The molecule has 210 valence electrons. The van der Waals surface area contributed by atoms with Gasteiger partial charge < -0.3 is 14.7 Å². The average molecular weight is 524 g/mol. The first-order chi connectivity index (χ1) is 18.3. The minimum absolute atomic E-state index is 0.0604. The third-order valence-corrected chi connectivity index (χ3v) is 11.8. The number of aliphatic hydroxyl groups is 1. The molecule has 0 bridgehead atoms. The summed E-state index contributed by atoms with van der Waals surface area (Å²) in [4.78, 5) is 17.2. The van der Waals surface area contributed by atoms with E-state index in [1.54, 1.807) is 0 Å². The number of aliphatic hydroxyl groups excluding tert-OH is 1. The number of hydrogen-bond donors (Lipinski definition) is 1. The Bertz CT molecular complexity index is 965. The van der Waals surface area contributed by atoms with E-state index in [-0.39, 0.29) is 6.10 Å². The highest BCUT2D eigenvalue weighted by atomic mass is 16.6. The van der Waals surface area contributed by atoms with Crippen LogP contribution < -0.4 is 0 Å². The van der Waals surface area contributed by atoms with Crippen LogP contribution in [0.3, 0.4) is 0 Å². The lowest BCUT2D eigenvalue weighted by atomic mass is 9.44. The van der Waals surface area contributed by atoms with Crippen LogP contribution in [0.5, 0.6) is 0 Å². The fraction of sp³-hybridized carbons (Fsp3) is 0.758. The Morgan fingerprint density at radius 2 is 1.82 bits per heavy atom. The Morgan fingerprint density at radius 3 is 2.63 bits per heavy atom. The van der Waals surface area contributed by atoms with Gasteiger partial charge in [0.05, 0.1) is 12.7 Å². The van der Waals surface area contributed by atoms with E-state index >= 15 is 0 Å². The van der Waals surface area contributed by atoms with Crippen LogP contribution in [0.1, 0.15) is 97.0 Å². The molecule has 4 saturated carbocycles. The number of carbonyl (C=O) groups excluding carboxylic acids is 1. The third-order valence-electron chi connectivity index (χ3n) is 11.8. The minimum atomic E-state index is -0.434. The van der Waals surface area contributed by atoms with Gasteiger partial charge in [-0.1, -0.05) is 56.3 Å². The molecule has 38 heavy (non-hydrogen) atoms. The molecule has 1 aromatic rings. The van der Waals surface area contributed by atoms with Crippen molar-refractivity contribution >= 4 is 12.2 Å². The molecule has 0 unspecified atom stereocenters. The van der Waals surface area contributed by atoms with E-state index in [2.05, 4.69) is 25.9 Å². The summed E-state index contributed by atoms with van der Waals surface area (Å²) >= 11 is 0. The highest BCUT2D eigenvalue weighted by molar-refractivity contribution is 6.22. The van der Waals surface area contributed by atoms with Gasteiger partial charge >= 0.3 is 5.97 Å². The smallest absolute Gasteiger partial charge is 0.352 e. The Kier molecular flexibility index (Phi) is 8.52. The molecule has 1 aromatic carbocycles. The summed E-state index contributed by atoms with van der Waals surface area (Å²) in [6, 6.07) is 9.77. The summed E-state index contributed by atoms with van der Waals surface area (Å²) in [5.74, 6) is 4.33. The van der Waals surface area contributed by atoms with E-state index in [9.17, 15) is 9.90 Å². The maximum Gasteiger partial charge on any atom is 0.352 e. The van der Waals surface area contributed by atoms with Gasteiger partial charge in [0.15, 0.2) is 6.21 Å². The minimum Gasteiger partial charge on any atom is -0.461 e. The zero-order valence-electron chi connectivity index (χ0n) is 23.8. The normalized spacial score (nSPS) is 39.2. The van der Waals surface area contributed by atoms with Crippen LogP contribution in [0, 0.1) is 46.3 Å². The van der Waals surface area contributed by atoms with E-state index in [1.807, 2.05) is 30.3 Å². The summed E-state index contributed by atoms with van der Waals surface area (Å²) in [5.41, 5.74) is 1.92. The molecule has 0 aliphatic heterocycles. The number of hydrogen-bond acceptors (Lipinski definition) is 5. The maximum atomic E-state index is 12.0. The number of benzene rings is 1. The third kappa shape index (κ3) is 5.55. The molecule has 0 radical (unpaired) electrons. The first kappa shape index (κ1) is 27.7. The van der Waals surface area contributed by atoms with Crippen LogP contribution in [-0.2, 0) is 21.0 Å². The van der Waals surface area contributed by atoms with E-state index in [4.69, 9.17) is 9.57 Å². The Hall–Kier alpha value is -1.88. The summed E-state index contributed by atoms with van der Waals surface area (Å²) in [6.07, 6.45) is 14.6. The molecular weight excluding hydrogens is 474 g/mol. The predicted molar refractivity (Wildman–Crippen MR) is 150 cm³/mol. The topological polar surface area (TPSA) is 68.1 Å². The molecule has 5 nitrogen and oxygen atoms in total. The van der Waals surface area contributed by atoms with Crippen LogP contribution in [0.15, 0.2) is 35.5 Å². The van der Waals surface area contributed by atoms with Crippen molar-refractivity contribution in [1.29, 1.82) is 0 Å².